The molecule has 1 N–H and O–H groups in total. The molecule has 1 unspecified atom stereocenters. The molecule has 2 rings (SSSR count). The SMILES string of the molecule is CCc1nn(C)c(CC(NC)c2ncccc2Cl)c1Br. The zero-order valence-electron chi connectivity index (χ0n) is 11.8. The molecule has 0 saturated carbocycles. The summed E-state index contributed by atoms with van der Waals surface area (Å²) in [7, 11) is 3.88. The molecule has 0 aliphatic heterocycles. The summed E-state index contributed by atoms with van der Waals surface area (Å²) in [4.78, 5) is 4.39. The molecular weight excluding hydrogens is 340 g/mol. The fourth-order valence-electron chi connectivity index (χ4n) is 2.22. The number of hydrogen-bond acceptors (Lipinski definition) is 3. The van der Waals surface area contributed by atoms with Gasteiger partial charge >= 0.3 is 0 Å². The molecule has 20 heavy (non-hydrogen) atoms. The van der Waals surface area contributed by atoms with Crippen molar-refractivity contribution in [2.75, 3.05) is 7.05 Å². The summed E-state index contributed by atoms with van der Waals surface area (Å²) in [6.45, 7) is 2.10. The van der Waals surface area contributed by atoms with Gasteiger partial charge in [-0.2, -0.15) is 5.10 Å². The smallest absolute Gasteiger partial charge is 0.0766 e. The predicted octanol–water partition coefficient (Wildman–Crippen LogP) is 3.30. The third-order valence-corrected chi connectivity index (χ3v) is 4.60. The van der Waals surface area contributed by atoms with Crippen molar-refractivity contribution in [2.45, 2.75) is 25.8 Å². The molecule has 0 aromatic carbocycles. The first-order chi connectivity index (χ1) is 9.58. The van der Waals surface area contributed by atoms with Crippen LogP contribution in [0.3, 0.4) is 0 Å². The summed E-state index contributed by atoms with van der Waals surface area (Å²) < 4.78 is 3.00. The topological polar surface area (TPSA) is 42.7 Å². The lowest BCUT2D eigenvalue weighted by Gasteiger charge is -2.17. The molecule has 0 bridgehead atoms. The van der Waals surface area contributed by atoms with E-state index < -0.39 is 0 Å². The molecular formula is C14H18BrClN4. The van der Waals surface area contributed by atoms with Crippen molar-refractivity contribution in [1.82, 2.24) is 20.1 Å². The van der Waals surface area contributed by atoms with Crippen LogP contribution in [0.1, 0.15) is 30.0 Å². The third kappa shape index (κ3) is 3.05. The molecule has 0 fully saturated rings. The summed E-state index contributed by atoms with van der Waals surface area (Å²) in [5, 5.41) is 8.48. The average Bonchev–Trinajstić information content (AvgIpc) is 2.72. The molecule has 0 spiro atoms. The fraction of sp³-hybridized carbons (Fsp3) is 0.429. The van der Waals surface area contributed by atoms with E-state index >= 15 is 0 Å². The van der Waals surface area contributed by atoms with Gasteiger partial charge in [0.2, 0.25) is 0 Å². The van der Waals surface area contributed by atoms with Gasteiger partial charge in [-0.15, -0.1) is 0 Å². The lowest BCUT2D eigenvalue weighted by atomic mass is 10.1. The Bertz CT molecular complexity index is 597. The van der Waals surface area contributed by atoms with Gasteiger partial charge in [0.15, 0.2) is 0 Å². The number of nitrogens with zero attached hydrogens (tertiary/aromatic N) is 3. The van der Waals surface area contributed by atoms with Crippen molar-refractivity contribution in [2.24, 2.45) is 7.05 Å². The molecule has 2 aromatic heterocycles. The number of aromatic nitrogens is 3. The lowest BCUT2D eigenvalue weighted by molar-refractivity contribution is 0.548. The minimum Gasteiger partial charge on any atom is -0.311 e. The Labute approximate surface area is 132 Å². The molecule has 0 aliphatic rings. The van der Waals surface area contributed by atoms with E-state index in [1.807, 2.05) is 30.9 Å². The first-order valence-electron chi connectivity index (χ1n) is 6.56. The first kappa shape index (κ1) is 15.5. The van der Waals surface area contributed by atoms with E-state index in [4.69, 9.17) is 11.6 Å². The van der Waals surface area contributed by atoms with Crippen LogP contribution >= 0.6 is 27.5 Å². The van der Waals surface area contributed by atoms with E-state index in [0.29, 0.717) is 5.02 Å². The van der Waals surface area contributed by atoms with Crippen LogP contribution in [-0.4, -0.2) is 21.8 Å². The first-order valence-corrected chi connectivity index (χ1v) is 7.73. The van der Waals surface area contributed by atoms with Crippen molar-refractivity contribution in [3.8, 4) is 0 Å². The summed E-state index contributed by atoms with van der Waals surface area (Å²) >= 11 is 9.89. The average molecular weight is 358 g/mol. The van der Waals surface area contributed by atoms with E-state index in [2.05, 4.69) is 38.3 Å². The van der Waals surface area contributed by atoms with Crippen LogP contribution in [0.2, 0.25) is 5.02 Å². The zero-order chi connectivity index (χ0) is 14.7. The number of aryl methyl sites for hydroxylation is 2. The largest absolute Gasteiger partial charge is 0.311 e. The molecule has 0 amide bonds. The van der Waals surface area contributed by atoms with Crippen molar-refractivity contribution in [3.63, 3.8) is 0 Å². The van der Waals surface area contributed by atoms with Crippen molar-refractivity contribution in [3.05, 3.63) is 44.9 Å². The van der Waals surface area contributed by atoms with E-state index in [1.54, 1.807) is 6.20 Å². The Hall–Kier alpha value is -0.910. The van der Waals surface area contributed by atoms with Gasteiger partial charge in [-0.25, -0.2) is 0 Å². The fourth-order valence-corrected chi connectivity index (χ4v) is 3.26. The number of pyridine rings is 1. The van der Waals surface area contributed by atoms with E-state index in [1.165, 1.54) is 0 Å². The Balaban J connectivity index is 2.32. The Morgan fingerprint density at radius 1 is 1.50 bits per heavy atom. The van der Waals surface area contributed by atoms with Gasteiger partial charge in [0.1, 0.15) is 0 Å². The quantitative estimate of drug-likeness (QED) is 0.893. The minimum atomic E-state index is 0.0557. The van der Waals surface area contributed by atoms with Gasteiger partial charge in [-0.1, -0.05) is 18.5 Å². The van der Waals surface area contributed by atoms with Gasteiger partial charge in [0, 0.05) is 19.7 Å². The highest BCUT2D eigenvalue weighted by atomic mass is 79.9. The maximum absolute atomic E-state index is 6.24. The standard InChI is InChI=1S/C14H18BrClN4/c1-4-10-13(15)12(20(3)19-10)8-11(17-2)14-9(16)6-5-7-18-14/h5-7,11,17H,4,8H2,1-3H3. The normalized spacial score (nSPS) is 12.7. The molecule has 108 valence electrons. The van der Waals surface area contributed by atoms with E-state index in [9.17, 15) is 0 Å². The third-order valence-electron chi connectivity index (χ3n) is 3.37. The number of halogens is 2. The zero-order valence-corrected chi connectivity index (χ0v) is 14.2. The van der Waals surface area contributed by atoms with Crippen LogP contribution in [0, 0.1) is 0 Å². The molecule has 4 nitrogen and oxygen atoms in total. The molecule has 6 heteroatoms. The van der Waals surface area contributed by atoms with Crippen LogP contribution in [0.25, 0.3) is 0 Å². The van der Waals surface area contributed by atoms with Crippen molar-refractivity contribution >= 4 is 27.5 Å². The summed E-state index contributed by atoms with van der Waals surface area (Å²) in [6.07, 6.45) is 3.45. The Kier molecular flexibility index (Phi) is 5.18. The van der Waals surface area contributed by atoms with Crippen LogP contribution in [0.15, 0.2) is 22.8 Å². The minimum absolute atomic E-state index is 0.0557. The van der Waals surface area contributed by atoms with Gasteiger partial charge < -0.3 is 5.32 Å². The van der Waals surface area contributed by atoms with Crippen molar-refractivity contribution in [1.29, 1.82) is 0 Å². The molecule has 0 aliphatic carbocycles. The number of rotatable bonds is 5. The second-order valence-corrected chi connectivity index (χ2v) is 5.80. The Morgan fingerprint density at radius 3 is 2.80 bits per heavy atom. The van der Waals surface area contributed by atoms with Gasteiger partial charge in [0.25, 0.3) is 0 Å². The maximum atomic E-state index is 6.24. The van der Waals surface area contributed by atoms with Crippen LogP contribution in [0.5, 0.6) is 0 Å². The second kappa shape index (κ2) is 6.70. The van der Waals surface area contributed by atoms with Crippen LogP contribution in [0.4, 0.5) is 0 Å². The van der Waals surface area contributed by atoms with Crippen LogP contribution < -0.4 is 5.32 Å². The highest BCUT2D eigenvalue weighted by Gasteiger charge is 2.20. The van der Waals surface area contributed by atoms with E-state index in [-0.39, 0.29) is 6.04 Å². The second-order valence-electron chi connectivity index (χ2n) is 4.60. The summed E-state index contributed by atoms with van der Waals surface area (Å²) in [5.74, 6) is 0. The van der Waals surface area contributed by atoms with Crippen molar-refractivity contribution < 1.29 is 0 Å². The highest BCUT2D eigenvalue weighted by molar-refractivity contribution is 9.10. The molecule has 2 heterocycles. The van der Waals surface area contributed by atoms with Crippen LogP contribution in [-0.2, 0) is 19.9 Å². The summed E-state index contributed by atoms with van der Waals surface area (Å²) in [6, 6.07) is 3.76. The lowest BCUT2D eigenvalue weighted by Crippen LogP contribution is -2.21. The van der Waals surface area contributed by atoms with Gasteiger partial charge in [0.05, 0.1) is 32.6 Å². The Morgan fingerprint density at radius 2 is 2.25 bits per heavy atom. The van der Waals surface area contributed by atoms with Gasteiger partial charge in [-0.3, -0.25) is 9.67 Å². The summed E-state index contributed by atoms with van der Waals surface area (Å²) in [5.41, 5.74) is 3.08. The molecule has 1 atom stereocenters. The maximum Gasteiger partial charge on any atom is 0.0766 e. The van der Waals surface area contributed by atoms with Gasteiger partial charge in [-0.05, 0) is 41.5 Å². The molecule has 0 radical (unpaired) electrons. The number of nitrogens with one attached hydrogen (secondary N) is 1. The number of hydrogen-bond donors (Lipinski definition) is 1. The number of likely N-dealkylation sites (N-methyl/N-ethyl adjacent to an activating group) is 1. The monoisotopic (exact) mass is 356 g/mol. The molecule has 2 aromatic rings. The highest BCUT2D eigenvalue weighted by Crippen LogP contribution is 2.28. The molecule has 0 saturated heterocycles. The van der Waals surface area contributed by atoms with E-state index in [0.717, 1.165) is 34.4 Å². The predicted molar refractivity (Wildman–Crippen MR) is 85.0 cm³/mol.